The van der Waals surface area contributed by atoms with E-state index in [1.165, 1.54) is 0 Å². The van der Waals surface area contributed by atoms with Gasteiger partial charge in [-0.05, 0) is 37.1 Å². The molecule has 0 spiro atoms. The van der Waals surface area contributed by atoms with Gasteiger partial charge in [-0.15, -0.1) is 0 Å². The summed E-state index contributed by atoms with van der Waals surface area (Å²) >= 11 is 0. The van der Waals surface area contributed by atoms with Gasteiger partial charge in [-0.1, -0.05) is 13.8 Å². The molecule has 0 radical (unpaired) electrons. The average molecular weight is 278 g/mol. The van der Waals surface area contributed by atoms with Crippen molar-refractivity contribution >= 4 is 5.69 Å². The van der Waals surface area contributed by atoms with E-state index in [4.69, 9.17) is 9.47 Å². The van der Waals surface area contributed by atoms with Crippen LogP contribution in [-0.4, -0.2) is 40.4 Å². The van der Waals surface area contributed by atoms with E-state index in [0.29, 0.717) is 11.8 Å². The largest absolute Gasteiger partial charge is 0.497 e. The van der Waals surface area contributed by atoms with Crippen molar-refractivity contribution in [3.63, 3.8) is 0 Å². The first kappa shape index (κ1) is 15.0. The molecule has 1 fully saturated rings. The van der Waals surface area contributed by atoms with Crippen LogP contribution >= 0.6 is 0 Å². The number of hydrogen-bond donors (Lipinski definition) is 1. The SMILES string of the molecule is COc1ccc(N2CC(C)CNCC(C)C2)c(OC)c1. The lowest BCUT2D eigenvalue weighted by atomic mass is 10.0. The molecule has 2 rings (SSSR count). The Balaban J connectivity index is 2.26. The predicted molar refractivity (Wildman–Crippen MR) is 83.0 cm³/mol. The first-order chi connectivity index (χ1) is 9.63. The normalized spacial score (nSPS) is 23.9. The molecular weight excluding hydrogens is 252 g/mol. The standard InChI is InChI=1S/C16H26N2O2/c1-12-8-17-9-13(2)11-18(10-12)15-6-5-14(19-3)7-16(15)20-4/h5-7,12-13,17H,8-11H2,1-4H3. The highest BCUT2D eigenvalue weighted by Crippen LogP contribution is 2.33. The zero-order valence-electron chi connectivity index (χ0n) is 13.0. The summed E-state index contributed by atoms with van der Waals surface area (Å²) in [7, 11) is 3.40. The van der Waals surface area contributed by atoms with Crippen LogP contribution in [0.1, 0.15) is 13.8 Å². The van der Waals surface area contributed by atoms with Gasteiger partial charge in [-0.25, -0.2) is 0 Å². The van der Waals surface area contributed by atoms with Gasteiger partial charge in [0, 0.05) is 19.2 Å². The van der Waals surface area contributed by atoms with E-state index < -0.39 is 0 Å². The van der Waals surface area contributed by atoms with Gasteiger partial charge in [-0.3, -0.25) is 0 Å². The number of ether oxygens (including phenoxy) is 2. The second-order valence-corrected chi connectivity index (χ2v) is 5.81. The highest BCUT2D eigenvalue weighted by Gasteiger charge is 2.20. The van der Waals surface area contributed by atoms with Gasteiger partial charge in [-0.2, -0.15) is 0 Å². The molecular formula is C16H26N2O2. The number of benzene rings is 1. The van der Waals surface area contributed by atoms with E-state index in [1.54, 1.807) is 14.2 Å². The molecule has 0 aliphatic carbocycles. The first-order valence-electron chi connectivity index (χ1n) is 7.31. The Bertz CT molecular complexity index is 424. The Morgan fingerprint density at radius 1 is 1.05 bits per heavy atom. The van der Waals surface area contributed by atoms with Crippen molar-refractivity contribution in [1.82, 2.24) is 5.32 Å². The number of rotatable bonds is 3. The van der Waals surface area contributed by atoms with Crippen molar-refractivity contribution in [2.45, 2.75) is 13.8 Å². The Morgan fingerprint density at radius 2 is 1.70 bits per heavy atom. The van der Waals surface area contributed by atoms with E-state index in [-0.39, 0.29) is 0 Å². The minimum atomic E-state index is 0.620. The summed E-state index contributed by atoms with van der Waals surface area (Å²) in [6.45, 7) is 8.79. The number of hydrogen-bond acceptors (Lipinski definition) is 4. The molecule has 1 N–H and O–H groups in total. The van der Waals surface area contributed by atoms with E-state index in [9.17, 15) is 0 Å². The van der Waals surface area contributed by atoms with E-state index in [1.807, 2.05) is 12.1 Å². The molecule has 4 nitrogen and oxygen atoms in total. The van der Waals surface area contributed by atoms with Crippen LogP contribution in [-0.2, 0) is 0 Å². The van der Waals surface area contributed by atoms with Crippen LogP contribution in [0.3, 0.4) is 0 Å². The van der Waals surface area contributed by atoms with Crippen molar-refractivity contribution in [2.75, 3.05) is 45.3 Å². The number of nitrogens with zero attached hydrogens (tertiary/aromatic N) is 1. The molecule has 4 heteroatoms. The van der Waals surface area contributed by atoms with E-state index in [0.717, 1.165) is 43.4 Å². The van der Waals surface area contributed by atoms with Gasteiger partial charge >= 0.3 is 0 Å². The maximum atomic E-state index is 5.55. The van der Waals surface area contributed by atoms with E-state index >= 15 is 0 Å². The molecule has 1 aromatic carbocycles. The molecule has 1 aromatic rings. The maximum absolute atomic E-state index is 5.55. The van der Waals surface area contributed by atoms with Crippen LogP contribution < -0.4 is 19.7 Å². The highest BCUT2D eigenvalue weighted by atomic mass is 16.5. The van der Waals surface area contributed by atoms with Gasteiger partial charge < -0.3 is 19.7 Å². The third kappa shape index (κ3) is 3.57. The maximum Gasteiger partial charge on any atom is 0.145 e. The van der Waals surface area contributed by atoms with Crippen LogP contribution in [0.15, 0.2) is 18.2 Å². The molecule has 2 unspecified atom stereocenters. The van der Waals surface area contributed by atoms with Gasteiger partial charge in [0.15, 0.2) is 0 Å². The fourth-order valence-electron chi connectivity index (χ4n) is 2.78. The lowest BCUT2D eigenvalue weighted by Crippen LogP contribution is -2.42. The summed E-state index contributed by atoms with van der Waals surface area (Å²) in [6, 6.07) is 6.07. The molecule has 0 aromatic heterocycles. The monoisotopic (exact) mass is 278 g/mol. The van der Waals surface area contributed by atoms with Gasteiger partial charge in [0.05, 0.1) is 19.9 Å². The summed E-state index contributed by atoms with van der Waals surface area (Å²) in [6.07, 6.45) is 0. The first-order valence-corrected chi connectivity index (χ1v) is 7.31. The molecule has 112 valence electrons. The summed E-state index contributed by atoms with van der Waals surface area (Å²) in [5.74, 6) is 2.96. The molecule has 0 bridgehead atoms. The smallest absolute Gasteiger partial charge is 0.145 e. The zero-order valence-corrected chi connectivity index (χ0v) is 13.0. The van der Waals surface area contributed by atoms with Crippen molar-refractivity contribution in [2.24, 2.45) is 11.8 Å². The number of nitrogens with one attached hydrogen (secondary N) is 1. The summed E-state index contributed by atoms with van der Waals surface area (Å²) < 4.78 is 10.8. The third-order valence-corrected chi connectivity index (χ3v) is 3.78. The molecule has 1 heterocycles. The van der Waals surface area contributed by atoms with Crippen LogP contribution in [0.5, 0.6) is 11.5 Å². The molecule has 1 aliphatic rings. The number of anilines is 1. The minimum absolute atomic E-state index is 0.620. The molecule has 1 saturated heterocycles. The van der Waals surface area contributed by atoms with Gasteiger partial charge in [0.1, 0.15) is 11.5 Å². The van der Waals surface area contributed by atoms with Crippen LogP contribution in [0, 0.1) is 11.8 Å². The lowest BCUT2D eigenvalue weighted by Gasteiger charge is -2.34. The Morgan fingerprint density at radius 3 is 2.25 bits per heavy atom. The molecule has 2 atom stereocenters. The molecule has 0 saturated carbocycles. The van der Waals surface area contributed by atoms with Crippen molar-refractivity contribution in [3.8, 4) is 11.5 Å². The fraction of sp³-hybridized carbons (Fsp3) is 0.625. The van der Waals surface area contributed by atoms with Crippen LogP contribution in [0.2, 0.25) is 0 Å². The van der Waals surface area contributed by atoms with Crippen molar-refractivity contribution in [1.29, 1.82) is 0 Å². The third-order valence-electron chi connectivity index (χ3n) is 3.78. The highest BCUT2D eigenvalue weighted by molar-refractivity contribution is 5.61. The Hall–Kier alpha value is -1.42. The van der Waals surface area contributed by atoms with Crippen LogP contribution in [0.25, 0.3) is 0 Å². The van der Waals surface area contributed by atoms with Crippen molar-refractivity contribution < 1.29 is 9.47 Å². The molecule has 1 aliphatic heterocycles. The Kier molecular flexibility index (Phi) is 5.12. The fourth-order valence-corrected chi connectivity index (χ4v) is 2.78. The van der Waals surface area contributed by atoms with Gasteiger partial charge in [0.2, 0.25) is 0 Å². The van der Waals surface area contributed by atoms with E-state index in [2.05, 4.69) is 30.1 Å². The molecule has 0 amide bonds. The summed E-state index contributed by atoms with van der Waals surface area (Å²) in [5.41, 5.74) is 1.16. The second kappa shape index (κ2) is 6.84. The Labute approximate surface area is 122 Å². The summed E-state index contributed by atoms with van der Waals surface area (Å²) in [5, 5.41) is 3.53. The van der Waals surface area contributed by atoms with Crippen LogP contribution in [0.4, 0.5) is 5.69 Å². The topological polar surface area (TPSA) is 33.7 Å². The molecule has 20 heavy (non-hydrogen) atoms. The van der Waals surface area contributed by atoms with Gasteiger partial charge in [0.25, 0.3) is 0 Å². The quantitative estimate of drug-likeness (QED) is 0.920. The summed E-state index contributed by atoms with van der Waals surface area (Å²) in [4.78, 5) is 2.44. The number of methoxy groups -OCH3 is 2. The average Bonchev–Trinajstić information content (AvgIpc) is 2.44. The van der Waals surface area contributed by atoms with Crippen molar-refractivity contribution in [3.05, 3.63) is 18.2 Å². The second-order valence-electron chi connectivity index (χ2n) is 5.81. The predicted octanol–water partition coefficient (Wildman–Crippen LogP) is 2.39. The lowest BCUT2D eigenvalue weighted by molar-refractivity contribution is 0.385. The zero-order chi connectivity index (χ0) is 14.5. The minimum Gasteiger partial charge on any atom is -0.497 e.